The fourth-order valence-corrected chi connectivity index (χ4v) is 0.793. The second-order valence-electron chi connectivity index (χ2n) is 2.06. The van der Waals surface area contributed by atoms with Crippen molar-refractivity contribution in [2.45, 2.75) is 6.54 Å². The van der Waals surface area contributed by atoms with Gasteiger partial charge >= 0.3 is 5.69 Å². The average Bonchev–Trinajstić information content (AvgIpc) is 1.97. The summed E-state index contributed by atoms with van der Waals surface area (Å²) in [5.41, 5.74) is 4.45. The van der Waals surface area contributed by atoms with Crippen LogP contribution >= 0.6 is 0 Å². The minimum absolute atomic E-state index is 0.259. The van der Waals surface area contributed by atoms with E-state index in [2.05, 4.69) is 4.98 Å². The van der Waals surface area contributed by atoms with Gasteiger partial charge in [-0.1, -0.05) is 0 Å². The number of aromatic amines is 1. The van der Waals surface area contributed by atoms with E-state index in [-0.39, 0.29) is 18.6 Å². The number of nitrogens with zero attached hydrogens (tertiary/aromatic N) is 1. The molecule has 0 fully saturated rings. The minimum atomic E-state index is -0.414. The lowest BCUT2D eigenvalue weighted by molar-refractivity contribution is 0.637. The van der Waals surface area contributed by atoms with E-state index >= 15 is 0 Å². The monoisotopic (exact) mass is 155 g/mol. The van der Waals surface area contributed by atoms with Crippen LogP contribution in [0.4, 0.5) is 0 Å². The molecule has 1 rings (SSSR count). The van der Waals surface area contributed by atoms with E-state index in [1.165, 1.54) is 12.3 Å². The van der Waals surface area contributed by atoms with Crippen LogP contribution in [-0.4, -0.2) is 16.1 Å². The summed E-state index contributed by atoms with van der Waals surface area (Å²) in [7, 11) is 0. The Morgan fingerprint density at radius 3 is 2.82 bits per heavy atom. The molecule has 11 heavy (non-hydrogen) atoms. The smallest absolute Gasteiger partial charge is 0.328 e. The molecular weight excluding hydrogens is 146 g/mol. The Kier molecular flexibility index (Phi) is 2.22. The molecule has 3 N–H and O–H groups in total. The fraction of sp³-hybridized carbons (Fsp3) is 0.333. The van der Waals surface area contributed by atoms with Crippen LogP contribution in [0.3, 0.4) is 0 Å². The van der Waals surface area contributed by atoms with Crippen molar-refractivity contribution in [2.24, 2.45) is 5.73 Å². The van der Waals surface area contributed by atoms with Crippen molar-refractivity contribution in [3.63, 3.8) is 0 Å². The first kappa shape index (κ1) is 7.74. The average molecular weight is 155 g/mol. The third-order valence-corrected chi connectivity index (χ3v) is 1.30. The highest BCUT2D eigenvalue weighted by Gasteiger charge is 1.95. The van der Waals surface area contributed by atoms with Gasteiger partial charge in [-0.15, -0.1) is 0 Å². The Bertz CT molecular complexity index is 310. The molecule has 0 spiro atoms. The van der Waals surface area contributed by atoms with Crippen molar-refractivity contribution in [3.05, 3.63) is 33.1 Å². The number of hydrogen-bond donors (Lipinski definition) is 2. The Labute approximate surface area is 62.5 Å². The summed E-state index contributed by atoms with van der Waals surface area (Å²) in [4.78, 5) is 24.2. The molecule has 1 aromatic heterocycles. The van der Waals surface area contributed by atoms with E-state index in [1.54, 1.807) is 0 Å². The number of nitrogens with two attached hydrogens (primary N) is 1. The summed E-state index contributed by atoms with van der Waals surface area (Å²) in [6, 6.07) is 1.29. The molecule has 0 unspecified atom stereocenters. The summed E-state index contributed by atoms with van der Waals surface area (Å²) in [5.74, 6) is 0. The van der Waals surface area contributed by atoms with Crippen LogP contribution in [-0.2, 0) is 6.54 Å². The van der Waals surface area contributed by atoms with Gasteiger partial charge in [0.2, 0.25) is 0 Å². The topological polar surface area (TPSA) is 80.9 Å². The van der Waals surface area contributed by atoms with Gasteiger partial charge in [0.15, 0.2) is 0 Å². The molecule has 0 radical (unpaired) electrons. The number of H-pyrrole nitrogens is 1. The van der Waals surface area contributed by atoms with Crippen molar-refractivity contribution in [2.75, 3.05) is 6.54 Å². The maximum atomic E-state index is 10.9. The maximum Gasteiger partial charge on any atom is 0.328 e. The quantitative estimate of drug-likeness (QED) is 0.545. The zero-order valence-corrected chi connectivity index (χ0v) is 5.91. The molecule has 60 valence electrons. The molecule has 0 aromatic carbocycles. The van der Waals surface area contributed by atoms with Crippen LogP contribution in [0.1, 0.15) is 0 Å². The third-order valence-electron chi connectivity index (χ3n) is 1.30. The number of nitrogens with one attached hydrogen (secondary N) is 1. The number of rotatable bonds is 2. The lowest BCUT2D eigenvalue weighted by atomic mass is 10.5. The fourth-order valence-electron chi connectivity index (χ4n) is 0.793. The Morgan fingerprint density at radius 2 is 2.27 bits per heavy atom. The Balaban J connectivity index is 3.22. The molecule has 1 heterocycles. The number of hydrogen-bond acceptors (Lipinski definition) is 3. The first-order valence-corrected chi connectivity index (χ1v) is 3.24. The molecule has 0 aliphatic heterocycles. The highest BCUT2D eigenvalue weighted by atomic mass is 16.2. The van der Waals surface area contributed by atoms with Crippen LogP contribution in [0, 0.1) is 0 Å². The van der Waals surface area contributed by atoms with Crippen molar-refractivity contribution in [1.29, 1.82) is 0 Å². The van der Waals surface area contributed by atoms with Gasteiger partial charge in [-0.25, -0.2) is 4.79 Å². The zero-order valence-electron chi connectivity index (χ0n) is 5.91. The molecule has 5 heteroatoms. The van der Waals surface area contributed by atoms with Gasteiger partial charge in [0.05, 0.1) is 0 Å². The van der Waals surface area contributed by atoms with Gasteiger partial charge < -0.3 is 10.7 Å². The standard InChI is InChI=1S/C6H9N3O2/c7-2-4-9-5(10)1-3-8-6(9)11/h1,3H,2,4,7H2,(H,8,11). The minimum Gasteiger partial charge on any atom is -0.329 e. The van der Waals surface area contributed by atoms with Crippen LogP contribution in [0.5, 0.6) is 0 Å². The summed E-state index contributed by atoms with van der Waals surface area (Å²) in [6.45, 7) is 0.544. The van der Waals surface area contributed by atoms with Crippen LogP contribution in [0.25, 0.3) is 0 Å². The van der Waals surface area contributed by atoms with Gasteiger partial charge in [0.1, 0.15) is 0 Å². The first-order chi connectivity index (χ1) is 5.25. The van der Waals surface area contributed by atoms with Crippen LogP contribution in [0.15, 0.2) is 21.9 Å². The van der Waals surface area contributed by atoms with Gasteiger partial charge in [0.25, 0.3) is 5.56 Å². The summed E-state index contributed by atoms with van der Waals surface area (Å²) < 4.78 is 1.06. The SMILES string of the molecule is NCCn1c(=O)cc[nH]c1=O. The molecule has 5 nitrogen and oxygen atoms in total. The molecule has 0 bridgehead atoms. The predicted molar refractivity (Wildman–Crippen MR) is 40.4 cm³/mol. The van der Waals surface area contributed by atoms with Gasteiger partial charge in [0, 0.05) is 25.4 Å². The van der Waals surface area contributed by atoms with Crippen molar-refractivity contribution in [1.82, 2.24) is 9.55 Å². The molecule has 0 aliphatic rings. The van der Waals surface area contributed by atoms with Crippen molar-refractivity contribution in [3.8, 4) is 0 Å². The zero-order chi connectivity index (χ0) is 8.27. The number of aromatic nitrogens is 2. The first-order valence-electron chi connectivity index (χ1n) is 3.24. The lowest BCUT2D eigenvalue weighted by Gasteiger charge is -1.98. The van der Waals surface area contributed by atoms with Crippen molar-refractivity contribution >= 4 is 0 Å². The molecule has 0 saturated carbocycles. The predicted octanol–water partition coefficient (Wildman–Crippen LogP) is -1.50. The van der Waals surface area contributed by atoms with E-state index < -0.39 is 5.69 Å². The van der Waals surface area contributed by atoms with Crippen LogP contribution in [0.2, 0.25) is 0 Å². The van der Waals surface area contributed by atoms with E-state index in [4.69, 9.17) is 5.73 Å². The summed E-state index contributed by atoms with van der Waals surface area (Å²) >= 11 is 0. The molecule has 0 aliphatic carbocycles. The van der Waals surface area contributed by atoms with E-state index in [1.807, 2.05) is 0 Å². The van der Waals surface area contributed by atoms with Gasteiger partial charge in [-0.2, -0.15) is 0 Å². The van der Waals surface area contributed by atoms with Crippen LogP contribution < -0.4 is 17.0 Å². The second kappa shape index (κ2) is 3.16. The van der Waals surface area contributed by atoms with E-state index in [0.717, 1.165) is 4.57 Å². The van der Waals surface area contributed by atoms with Crippen molar-refractivity contribution < 1.29 is 0 Å². The molecule has 0 amide bonds. The lowest BCUT2D eigenvalue weighted by Crippen LogP contribution is -2.35. The van der Waals surface area contributed by atoms with E-state index in [0.29, 0.717) is 0 Å². The third kappa shape index (κ3) is 1.56. The van der Waals surface area contributed by atoms with Gasteiger partial charge in [-0.05, 0) is 0 Å². The molecule has 1 aromatic rings. The Morgan fingerprint density at radius 1 is 1.55 bits per heavy atom. The second-order valence-corrected chi connectivity index (χ2v) is 2.06. The normalized spacial score (nSPS) is 9.91. The molecule has 0 atom stereocenters. The maximum absolute atomic E-state index is 10.9. The van der Waals surface area contributed by atoms with E-state index in [9.17, 15) is 9.59 Å². The Hall–Kier alpha value is -1.36. The highest BCUT2D eigenvalue weighted by Crippen LogP contribution is 1.66. The molecular formula is C6H9N3O2. The highest BCUT2D eigenvalue weighted by molar-refractivity contribution is 4.82. The largest absolute Gasteiger partial charge is 0.329 e. The summed E-state index contributed by atoms with van der Waals surface area (Å²) in [6.07, 6.45) is 1.32. The summed E-state index contributed by atoms with van der Waals surface area (Å²) in [5, 5.41) is 0. The molecule has 0 saturated heterocycles. The van der Waals surface area contributed by atoms with Gasteiger partial charge in [-0.3, -0.25) is 9.36 Å².